The van der Waals surface area contributed by atoms with E-state index in [1.54, 1.807) is 12.1 Å². The lowest BCUT2D eigenvalue weighted by molar-refractivity contribution is 0.119. The Bertz CT molecular complexity index is 676. The molecule has 140 valence electrons. The van der Waals surface area contributed by atoms with E-state index in [0.29, 0.717) is 37.7 Å². The summed E-state index contributed by atoms with van der Waals surface area (Å²) in [5.41, 5.74) is 0.989. The number of anilines is 1. The van der Waals surface area contributed by atoms with E-state index >= 15 is 0 Å². The summed E-state index contributed by atoms with van der Waals surface area (Å²) in [6.07, 6.45) is 2.35. The molecule has 0 aliphatic rings. The van der Waals surface area contributed by atoms with Gasteiger partial charge in [-0.1, -0.05) is 6.08 Å². The van der Waals surface area contributed by atoms with Gasteiger partial charge >= 0.3 is 0 Å². The molecule has 0 atom stereocenters. The fourth-order valence-electron chi connectivity index (χ4n) is 2.08. The third-order valence-electron chi connectivity index (χ3n) is 3.42. The molecule has 2 aromatic rings. The minimum atomic E-state index is -0.479. The number of hydrogen-bond acceptors (Lipinski definition) is 5. The summed E-state index contributed by atoms with van der Waals surface area (Å²) < 4.78 is 35.5. The van der Waals surface area contributed by atoms with E-state index < -0.39 is 5.82 Å². The zero-order chi connectivity index (χ0) is 18.6. The molecule has 0 saturated heterocycles. The third kappa shape index (κ3) is 6.64. The van der Waals surface area contributed by atoms with Gasteiger partial charge in [-0.3, -0.25) is 0 Å². The van der Waals surface area contributed by atoms with Crippen molar-refractivity contribution in [1.29, 1.82) is 0 Å². The van der Waals surface area contributed by atoms with Gasteiger partial charge in [0, 0.05) is 25.2 Å². The molecule has 0 aliphatic heterocycles. The summed E-state index contributed by atoms with van der Waals surface area (Å²) in [5, 5.41) is 3.02. The van der Waals surface area contributed by atoms with Crippen LogP contribution in [0.3, 0.4) is 0 Å². The number of nitrogens with one attached hydrogen (secondary N) is 1. The quantitative estimate of drug-likeness (QED) is 0.348. The average molecular weight is 361 g/mol. The predicted octanol–water partition coefficient (Wildman–Crippen LogP) is 4.25. The van der Waals surface area contributed by atoms with Crippen LogP contribution < -0.4 is 19.5 Å². The van der Waals surface area contributed by atoms with Gasteiger partial charge in [0.2, 0.25) is 6.79 Å². The molecular formula is C20H24FNO4. The molecule has 0 unspecified atom stereocenters. The van der Waals surface area contributed by atoms with Crippen LogP contribution >= 0.6 is 0 Å². The maximum Gasteiger partial charge on any atom is 0.230 e. The highest BCUT2D eigenvalue weighted by atomic mass is 19.1. The second kappa shape index (κ2) is 11.0. The Kier molecular flexibility index (Phi) is 8.29. The number of hydrogen-bond donors (Lipinski definition) is 1. The molecule has 0 aromatic heterocycles. The van der Waals surface area contributed by atoms with Crippen LogP contribution in [0.1, 0.15) is 6.42 Å². The maximum absolute atomic E-state index is 14.0. The van der Waals surface area contributed by atoms with Gasteiger partial charge in [-0.2, -0.15) is 0 Å². The molecule has 0 fully saturated rings. The van der Waals surface area contributed by atoms with Crippen molar-refractivity contribution in [2.24, 2.45) is 0 Å². The van der Waals surface area contributed by atoms with E-state index in [4.69, 9.17) is 18.9 Å². The summed E-state index contributed by atoms with van der Waals surface area (Å²) in [4.78, 5) is 0. The Labute approximate surface area is 153 Å². The zero-order valence-corrected chi connectivity index (χ0v) is 14.9. The van der Waals surface area contributed by atoms with Gasteiger partial charge in [-0.05, 0) is 36.4 Å². The monoisotopic (exact) mass is 361 g/mol. The smallest absolute Gasteiger partial charge is 0.230 e. The number of ether oxygens (including phenoxy) is 4. The van der Waals surface area contributed by atoms with Gasteiger partial charge < -0.3 is 24.3 Å². The van der Waals surface area contributed by atoms with E-state index in [1.165, 1.54) is 12.1 Å². The van der Waals surface area contributed by atoms with Crippen molar-refractivity contribution in [3.63, 3.8) is 0 Å². The van der Waals surface area contributed by atoms with E-state index in [-0.39, 0.29) is 12.5 Å². The molecule has 0 aliphatic carbocycles. The topological polar surface area (TPSA) is 49.0 Å². The Morgan fingerprint density at radius 1 is 1.00 bits per heavy atom. The number of halogens is 1. The van der Waals surface area contributed by atoms with Crippen molar-refractivity contribution in [2.45, 2.75) is 6.42 Å². The Hall–Kier alpha value is -2.73. The Morgan fingerprint density at radius 3 is 2.42 bits per heavy atom. The van der Waals surface area contributed by atoms with E-state index in [2.05, 4.69) is 11.9 Å². The van der Waals surface area contributed by atoms with Crippen LogP contribution in [0.4, 0.5) is 10.1 Å². The molecule has 0 saturated carbocycles. The summed E-state index contributed by atoms with van der Waals surface area (Å²) in [7, 11) is 1.84. The largest absolute Gasteiger partial charge is 0.490 e. The predicted molar refractivity (Wildman–Crippen MR) is 99.6 cm³/mol. The summed E-state index contributed by atoms with van der Waals surface area (Å²) in [6, 6.07) is 11.9. The van der Waals surface area contributed by atoms with Gasteiger partial charge in [-0.15, -0.1) is 6.58 Å². The first-order valence-corrected chi connectivity index (χ1v) is 8.37. The number of benzene rings is 2. The standard InChI is InChI=1S/C20H24FNO4/c1-3-11-23-12-4-13-24-20-10-9-18(14-19(20)21)26-15-25-17-7-5-16(22-2)6-8-17/h3,5-10,14,22H,1,4,11-13,15H2,2H3. The molecule has 0 amide bonds. The molecule has 0 radical (unpaired) electrons. The summed E-state index contributed by atoms with van der Waals surface area (Å²) in [6.45, 7) is 4.97. The lowest BCUT2D eigenvalue weighted by atomic mass is 10.3. The second-order valence-corrected chi connectivity index (χ2v) is 5.34. The van der Waals surface area contributed by atoms with Crippen LogP contribution in [0.25, 0.3) is 0 Å². The zero-order valence-electron chi connectivity index (χ0n) is 14.9. The maximum atomic E-state index is 14.0. The molecule has 0 heterocycles. The van der Waals surface area contributed by atoms with Crippen LogP contribution in [-0.2, 0) is 4.74 Å². The van der Waals surface area contributed by atoms with Crippen molar-refractivity contribution in [3.05, 3.63) is 60.9 Å². The highest BCUT2D eigenvalue weighted by Crippen LogP contribution is 2.23. The van der Waals surface area contributed by atoms with Crippen molar-refractivity contribution in [3.8, 4) is 17.2 Å². The van der Waals surface area contributed by atoms with Crippen molar-refractivity contribution >= 4 is 5.69 Å². The lowest BCUT2D eigenvalue weighted by Gasteiger charge is -2.11. The molecular weight excluding hydrogens is 337 g/mol. The minimum absolute atomic E-state index is 0.0147. The van der Waals surface area contributed by atoms with Crippen LogP contribution in [0.2, 0.25) is 0 Å². The third-order valence-corrected chi connectivity index (χ3v) is 3.42. The van der Waals surface area contributed by atoms with E-state index in [0.717, 1.165) is 5.69 Å². The van der Waals surface area contributed by atoms with Crippen LogP contribution in [0.15, 0.2) is 55.1 Å². The summed E-state index contributed by atoms with van der Waals surface area (Å²) >= 11 is 0. The fourth-order valence-corrected chi connectivity index (χ4v) is 2.08. The van der Waals surface area contributed by atoms with Gasteiger partial charge in [0.15, 0.2) is 11.6 Å². The van der Waals surface area contributed by atoms with Crippen LogP contribution in [0.5, 0.6) is 17.2 Å². The molecule has 0 spiro atoms. The van der Waals surface area contributed by atoms with Crippen molar-refractivity contribution in [1.82, 2.24) is 0 Å². The molecule has 2 rings (SSSR count). The van der Waals surface area contributed by atoms with E-state index in [1.807, 2.05) is 31.3 Å². The average Bonchev–Trinajstić information content (AvgIpc) is 2.66. The highest BCUT2D eigenvalue weighted by Gasteiger charge is 2.06. The Morgan fingerprint density at radius 2 is 1.73 bits per heavy atom. The molecule has 26 heavy (non-hydrogen) atoms. The first-order chi connectivity index (χ1) is 12.7. The fraction of sp³-hybridized carbons (Fsp3) is 0.300. The molecule has 2 aromatic carbocycles. The molecule has 1 N–H and O–H groups in total. The van der Waals surface area contributed by atoms with E-state index in [9.17, 15) is 4.39 Å². The van der Waals surface area contributed by atoms with Crippen LogP contribution in [0, 0.1) is 5.82 Å². The van der Waals surface area contributed by atoms with Crippen molar-refractivity contribution in [2.75, 3.05) is 39.0 Å². The highest BCUT2D eigenvalue weighted by molar-refractivity contribution is 5.45. The lowest BCUT2D eigenvalue weighted by Crippen LogP contribution is -2.07. The molecule has 0 bridgehead atoms. The minimum Gasteiger partial charge on any atom is -0.490 e. The van der Waals surface area contributed by atoms with Crippen molar-refractivity contribution < 1.29 is 23.3 Å². The molecule has 5 nitrogen and oxygen atoms in total. The SMILES string of the molecule is C=CCOCCCOc1ccc(OCOc2ccc(NC)cc2)cc1F. The Balaban J connectivity index is 1.72. The number of rotatable bonds is 12. The molecule has 6 heteroatoms. The van der Waals surface area contributed by atoms with Gasteiger partial charge in [0.1, 0.15) is 11.5 Å². The first kappa shape index (κ1) is 19.6. The van der Waals surface area contributed by atoms with Crippen LogP contribution in [-0.4, -0.2) is 33.7 Å². The van der Waals surface area contributed by atoms with Gasteiger partial charge in [-0.25, -0.2) is 4.39 Å². The second-order valence-electron chi connectivity index (χ2n) is 5.34. The van der Waals surface area contributed by atoms with Gasteiger partial charge in [0.25, 0.3) is 0 Å². The normalized spacial score (nSPS) is 10.2. The first-order valence-electron chi connectivity index (χ1n) is 8.37. The summed E-state index contributed by atoms with van der Waals surface area (Å²) in [5.74, 6) is 0.747. The van der Waals surface area contributed by atoms with Gasteiger partial charge in [0.05, 0.1) is 19.8 Å².